The summed E-state index contributed by atoms with van der Waals surface area (Å²) in [5.41, 5.74) is 6.73. The maximum Gasteiger partial charge on any atom is 0.101 e. The molecule has 0 amide bonds. The first-order valence-electron chi connectivity index (χ1n) is 4.72. The van der Waals surface area contributed by atoms with Gasteiger partial charge in [-0.15, -0.1) is 0 Å². The highest BCUT2D eigenvalue weighted by molar-refractivity contribution is 5.11. The Kier molecular flexibility index (Phi) is 3.99. The van der Waals surface area contributed by atoms with Crippen LogP contribution in [0.25, 0.3) is 0 Å². The smallest absolute Gasteiger partial charge is 0.101 e. The summed E-state index contributed by atoms with van der Waals surface area (Å²) in [5.74, 6) is 0.971. The van der Waals surface area contributed by atoms with Crippen LogP contribution in [0.5, 0.6) is 0 Å². The lowest BCUT2D eigenvalue weighted by molar-refractivity contribution is 0.287. The number of hydrogen-bond acceptors (Lipinski definition) is 3. The number of furan rings is 1. The molecule has 0 spiro atoms. The second kappa shape index (κ2) is 5.04. The zero-order valence-corrected chi connectivity index (χ0v) is 8.42. The predicted molar refractivity (Wildman–Crippen MR) is 53.5 cm³/mol. The molecule has 0 saturated carbocycles. The molecule has 0 fully saturated rings. The highest BCUT2D eigenvalue weighted by atomic mass is 16.3. The second-order valence-electron chi connectivity index (χ2n) is 3.22. The molecule has 1 aromatic heterocycles. The zero-order chi connectivity index (χ0) is 9.68. The summed E-state index contributed by atoms with van der Waals surface area (Å²) >= 11 is 0. The van der Waals surface area contributed by atoms with Gasteiger partial charge in [0.2, 0.25) is 0 Å². The van der Waals surface area contributed by atoms with Crippen LogP contribution in [0, 0.1) is 6.92 Å². The monoisotopic (exact) mass is 182 g/mol. The van der Waals surface area contributed by atoms with Gasteiger partial charge in [-0.05, 0) is 19.5 Å². The van der Waals surface area contributed by atoms with Crippen LogP contribution < -0.4 is 5.73 Å². The van der Waals surface area contributed by atoms with Gasteiger partial charge in [0.15, 0.2) is 0 Å². The predicted octanol–water partition coefficient (Wildman–Crippen LogP) is 1.37. The minimum absolute atomic E-state index is 0.713. The Balaban J connectivity index is 2.46. The van der Waals surface area contributed by atoms with E-state index in [4.69, 9.17) is 10.2 Å². The first kappa shape index (κ1) is 10.3. The summed E-state index contributed by atoms with van der Waals surface area (Å²) in [7, 11) is 0. The number of aryl methyl sites for hydroxylation is 1. The molecule has 2 N–H and O–H groups in total. The van der Waals surface area contributed by atoms with E-state index in [-0.39, 0.29) is 0 Å². The molecule has 0 bridgehead atoms. The van der Waals surface area contributed by atoms with Crippen LogP contribution in [-0.4, -0.2) is 24.5 Å². The molecule has 74 valence electrons. The number of likely N-dealkylation sites (N-methyl/N-ethyl adjacent to an activating group) is 1. The van der Waals surface area contributed by atoms with Crippen LogP contribution in [0.3, 0.4) is 0 Å². The number of nitrogens with zero attached hydrogens (tertiary/aromatic N) is 1. The molecule has 0 aromatic carbocycles. The van der Waals surface area contributed by atoms with Crippen LogP contribution in [-0.2, 0) is 6.54 Å². The van der Waals surface area contributed by atoms with Crippen molar-refractivity contribution in [3.63, 3.8) is 0 Å². The van der Waals surface area contributed by atoms with E-state index in [1.54, 1.807) is 0 Å². The fourth-order valence-electron chi connectivity index (χ4n) is 1.37. The van der Waals surface area contributed by atoms with Crippen LogP contribution in [0.4, 0.5) is 0 Å². The Labute approximate surface area is 79.5 Å². The first-order chi connectivity index (χ1) is 6.26. The molecule has 0 unspecified atom stereocenters. The van der Waals surface area contributed by atoms with Gasteiger partial charge >= 0.3 is 0 Å². The van der Waals surface area contributed by atoms with Crippen molar-refractivity contribution in [2.45, 2.75) is 20.4 Å². The maximum atomic E-state index is 5.50. The van der Waals surface area contributed by atoms with Crippen LogP contribution in [0.2, 0.25) is 0 Å². The van der Waals surface area contributed by atoms with Crippen molar-refractivity contribution in [1.29, 1.82) is 0 Å². The third kappa shape index (κ3) is 3.20. The van der Waals surface area contributed by atoms with E-state index in [0.717, 1.165) is 25.4 Å². The van der Waals surface area contributed by atoms with Gasteiger partial charge < -0.3 is 10.2 Å². The lowest BCUT2D eigenvalue weighted by Gasteiger charge is -2.17. The fourth-order valence-corrected chi connectivity index (χ4v) is 1.37. The van der Waals surface area contributed by atoms with Crippen LogP contribution in [0.15, 0.2) is 16.7 Å². The minimum Gasteiger partial charge on any atom is -0.469 e. The third-order valence-corrected chi connectivity index (χ3v) is 2.08. The number of hydrogen-bond donors (Lipinski definition) is 1. The molecule has 13 heavy (non-hydrogen) atoms. The first-order valence-corrected chi connectivity index (χ1v) is 4.72. The Morgan fingerprint density at radius 1 is 1.54 bits per heavy atom. The number of nitrogens with two attached hydrogens (primary N) is 1. The van der Waals surface area contributed by atoms with Gasteiger partial charge in [-0.25, -0.2) is 0 Å². The Morgan fingerprint density at radius 2 is 2.31 bits per heavy atom. The van der Waals surface area contributed by atoms with Crippen molar-refractivity contribution in [3.05, 3.63) is 23.7 Å². The lowest BCUT2D eigenvalue weighted by Crippen LogP contribution is -2.28. The standard InChI is InChI=1S/C10H18N2O/c1-3-12(5-4-11)7-10-6-9(2)13-8-10/h6,8H,3-5,7,11H2,1-2H3. The van der Waals surface area contributed by atoms with Gasteiger partial charge in [-0.2, -0.15) is 0 Å². The second-order valence-corrected chi connectivity index (χ2v) is 3.22. The average molecular weight is 182 g/mol. The Hall–Kier alpha value is -0.800. The fraction of sp³-hybridized carbons (Fsp3) is 0.600. The average Bonchev–Trinajstić information content (AvgIpc) is 2.50. The largest absolute Gasteiger partial charge is 0.469 e. The molecule has 0 aliphatic heterocycles. The van der Waals surface area contributed by atoms with Gasteiger partial charge in [-0.1, -0.05) is 6.92 Å². The minimum atomic E-state index is 0.713. The molecule has 1 rings (SSSR count). The summed E-state index contributed by atoms with van der Waals surface area (Å²) < 4.78 is 5.23. The van der Waals surface area contributed by atoms with Crippen LogP contribution in [0.1, 0.15) is 18.2 Å². The molecular weight excluding hydrogens is 164 g/mol. The van der Waals surface area contributed by atoms with Gasteiger partial charge in [0.05, 0.1) is 6.26 Å². The summed E-state index contributed by atoms with van der Waals surface area (Å²) in [6.07, 6.45) is 1.81. The van der Waals surface area contributed by atoms with E-state index >= 15 is 0 Å². The van der Waals surface area contributed by atoms with Gasteiger partial charge in [0, 0.05) is 25.2 Å². The topological polar surface area (TPSA) is 42.4 Å². The quantitative estimate of drug-likeness (QED) is 0.747. The Bertz CT molecular complexity index is 245. The van der Waals surface area contributed by atoms with Crippen molar-refractivity contribution in [3.8, 4) is 0 Å². The lowest BCUT2D eigenvalue weighted by atomic mass is 10.3. The van der Waals surface area contributed by atoms with Crippen LogP contribution >= 0.6 is 0 Å². The summed E-state index contributed by atoms with van der Waals surface area (Å²) in [4.78, 5) is 2.30. The van der Waals surface area contributed by atoms with E-state index < -0.39 is 0 Å². The van der Waals surface area contributed by atoms with E-state index in [1.165, 1.54) is 5.56 Å². The highest BCUT2D eigenvalue weighted by Crippen LogP contribution is 2.08. The summed E-state index contributed by atoms with van der Waals surface area (Å²) in [5, 5.41) is 0. The van der Waals surface area contributed by atoms with E-state index in [1.807, 2.05) is 13.2 Å². The molecule has 3 nitrogen and oxygen atoms in total. The molecule has 0 radical (unpaired) electrons. The van der Waals surface area contributed by atoms with E-state index in [0.29, 0.717) is 6.54 Å². The highest BCUT2D eigenvalue weighted by Gasteiger charge is 2.04. The van der Waals surface area contributed by atoms with Crippen molar-refractivity contribution >= 4 is 0 Å². The summed E-state index contributed by atoms with van der Waals surface area (Å²) in [6.45, 7) is 7.73. The SMILES string of the molecule is CCN(CCN)Cc1coc(C)c1. The van der Waals surface area contributed by atoms with Crippen molar-refractivity contribution in [2.24, 2.45) is 5.73 Å². The molecule has 0 aliphatic rings. The van der Waals surface area contributed by atoms with E-state index in [9.17, 15) is 0 Å². The Morgan fingerprint density at radius 3 is 2.77 bits per heavy atom. The molecule has 1 aromatic rings. The molecule has 0 atom stereocenters. The zero-order valence-electron chi connectivity index (χ0n) is 8.42. The number of rotatable bonds is 5. The normalized spacial score (nSPS) is 11.1. The molecule has 0 saturated heterocycles. The maximum absolute atomic E-state index is 5.50. The molecule has 1 heterocycles. The van der Waals surface area contributed by atoms with Crippen molar-refractivity contribution in [1.82, 2.24) is 4.90 Å². The van der Waals surface area contributed by atoms with Gasteiger partial charge in [0.25, 0.3) is 0 Å². The van der Waals surface area contributed by atoms with Gasteiger partial charge in [-0.3, -0.25) is 4.90 Å². The third-order valence-electron chi connectivity index (χ3n) is 2.08. The molecule has 3 heteroatoms. The van der Waals surface area contributed by atoms with Crippen molar-refractivity contribution < 1.29 is 4.42 Å². The molecular formula is C10H18N2O. The molecule has 0 aliphatic carbocycles. The van der Waals surface area contributed by atoms with Crippen molar-refractivity contribution in [2.75, 3.05) is 19.6 Å². The summed E-state index contributed by atoms with van der Waals surface area (Å²) in [6, 6.07) is 2.07. The van der Waals surface area contributed by atoms with Gasteiger partial charge in [0.1, 0.15) is 5.76 Å². The van der Waals surface area contributed by atoms with E-state index in [2.05, 4.69) is 17.9 Å².